The molecule has 0 radical (unpaired) electrons. The van der Waals surface area contributed by atoms with E-state index in [1.165, 1.54) is 208 Å². The highest BCUT2D eigenvalue weighted by molar-refractivity contribution is 5.96. The second-order valence-electron chi connectivity index (χ2n) is 24.9. The molecule has 0 atom stereocenters. The number of benzene rings is 7. The maximum atomic E-state index is 3.01. The summed E-state index contributed by atoms with van der Waals surface area (Å²) in [4.78, 5) is 5.80. The summed E-state index contributed by atoms with van der Waals surface area (Å²) in [5.74, 6) is 5.17. The van der Waals surface area contributed by atoms with Crippen molar-refractivity contribution in [1.82, 2.24) is 0 Å². The topological polar surface area (TPSA) is 6.48 Å². The summed E-state index contributed by atoms with van der Waals surface area (Å²) < 4.78 is 0. The largest absolute Gasteiger partial charge is 0.366 e. The van der Waals surface area contributed by atoms with Crippen LogP contribution in [0.3, 0.4) is 0 Å². The zero-order valence-corrected chi connectivity index (χ0v) is 44.7. The molecular weight excluding hydrogens is 905 g/mol. The van der Waals surface area contributed by atoms with Gasteiger partial charge in [-0.25, -0.2) is 0 Å². The molecule has 0 aliphatic heterocycles. The van der Waals surface area contributed by atoms with Crippen LogP contribution in [0.4, 0.5) is 17.1 Å². The molecule has 14 rings (SSSR count). The van der Waals surface area contributed by atoms with Crippen LogP contribution in [0, 0.1) is 23.7 Å². The van der Waals surface area contributed by atoms with E-state index in [1.54, 1.807) is 0 Å². The van der Waals surface area contributed by atoms with E-state index in [9.17, 15) is 0 Å². The van der Waals surface area contributed by atoms with Gasteiger partial charge in [-0.05, 0) is 230 Å². The molecule has 75 heavy (non-hydrogen) atoms. The highest BCUT2D eigenvalue weighted by atomic mass is 15.2. The molecule has 0 N–H and O–H groups in total. The van der Waals surface area contributed by atoms with Gasteiger partial charge in [-0.15, -0.1) is 0 Å². The van der Waals surface area contributed by atoms with Crippen LogP contribution >= 0.6 is 0 Å². The van der Waals surface area contributed by atoms with Crippen molar-refractivity contribution in [3.8, 4) is 22.3 Å². The van der Waals surface area contributed by atoms with Crippen LogP contribution < -0.4 is 9.80 Å². The van der Waals surface area contributed by atoms with Gasteiger partial charge in [0.25, 0.3) is 0 Å². The number of nitrogens with zero attached hydrogens (tertiary/aromatic N) is 2. The molecule has 0 saturated heterocycles. The summed E-state index contributed by atoms with van der Waals surface area (Å²) in [7, 11) is 0. The quantitative estimate of drug-likeness (QED) is 0.135. The van der Waals surface area contributed by atoms with Crippen LogP contribution in [0.1, 0.15) is 180 Å². The number of hydrogen-bond donors (Lipinski definition) is 0. The average molecular weight is 985 g/mol. The van der Waals surface area contributed by atoms with Crippen LogP contribution in [-0.4, -0.2) is 18.1 Å². The fourth-order valence-corrected chi connectivity index (χ4v) is 17.7. The van der Waals surface area contributed by atoms with Crippen molar-refractivity contribution >= 4 is 17.1 Å². The van der Waals surface area contributed by atoms with E-state index in [2.05, 4.69) is 186 Å². The second-order valence-corrected chi connectivity index (χ2v) is 24.9. The molecule has 382 valence electrons. The zero-order valence-electron chi connectivity index (χ0n) is 44.7. The second kappa shape index (κ2) is 20.6. The smallest absolute Gasteiger partial charge is 0.0727 e. The Bertz CT molecular complexity index is 2940. The van der Waals surface area contributed by atoms with Crippen molar-refractivity contribution in [1.29, 1.82) is 0 Å². The molecule has 2 nitrogen and oxygen atoms in total. The first-order valence-corrected chi connectivity index (χ1v) is 30.4. The van der Waals surface area contributed by atoms with E-state index in [4.69, 9.17) is 0 Å². The molecule has 0 aromatic heterocycles. The standard InChI is InChI=1S/C73H80N2/c1-5-17-51(18-6-1)54-29-31-55(32-30-54)58-37-43-60(44-38-58)74(59-23-11-4-12-24-59)63-45-47-67-68-48-46-64(50-72(68)73(71(67)49-63)69-27-15-13-25-65(69)66-26-14-16-28-70(66)73)75(61-39-33-56(34-40-61)52-19-7-2-8-20-52)62-41-35-57(36-42-62)53-21-9-3-10-22-53/h2-4,7-16,19-28,45-51,54-58,60-62H,1,5-6,17-18,29-44H2. The summed E-state index contributed by atoms with van der Waals surface area (Å²) in [6.07, 6.45) is 28.7. The van der Waals surface area contributed by atoms with E-state index in [-0.39, 0.29) is 0 Å². The van der Waals surface area contributed by atoms with Crippen molar-refractivity contribution in [2.75, 3.05) is 9.80 Å². The first-order chi connectivity index (χ1) is 37.2. The Balaban J connectivity index is 0.826. The molecule has 7 aromatic carbocycles. The lowest BCUT2D eigenvalue weighted by Crippen LogP contribution is -2.46. The van der Waals surface area contributed by atoms with Gasteiger partial charge in [0.15, 0.2) is 0 Å². The monoisotopic (exact) mass is 985 g/mol. The molecule has 0 bridgehead atoms. The van der Waals surface area contributed by atoms with E-state index in [0.717, 1.165) is 23.7 Å². The summed E-state index contributed by atoms with van der Waals surface area (Å²) >= 11 is 0. The third-order valence-corrected chi connectivity index (χ3v) is 21.3. The van der Waals surface area contributed by atoms with Crippen molar-refractivity contribution in [3.05, 3.63) is 209 Å². The summed E-state index contributed by atoms with van der Waals surface area (Å²) in [6.45, 7) is 0. The third kappa shape index (κ3) is 8.60. The Morgan fingerprint density at radius 1 is 0.280 bits per heavy atom. The van der Waals surface area contributed by atoms with Crippen molar-refractivity contribution in [3.63, 3.8) is 0 Å². The molecule has 2 heteroatoms. The first kappa shape index (κ1) is 47.6. The molecular formula is C73H80N2. The minimum absolute atomic E-state index is 0.415. The lowest BCUT2D eigenvalue weighted by Gasteiger charge is -2.46. The summed E-state index contributed by atoms with van der Waals surface area (Å²) in [5.41, 5.74) is 18.2. The average Bonchev–Trinajstić information content (AvgIpc) is 3.98. The SMILES string of the molecule is c1ccc(C2CCC(N(c3ccc4c(c3)C3(c5ccccc5-c5ccccc53)c3cc(N(c5ccccc5)C5CCC(C6CCC(C7CCCCC7)CC6)CC5)ccc3-4)C3CCC(c4ccccc4)CC3)CC2)cc1. The minimum atomic E-state index is -0.415. The van der Waals surface area contributed by atoms with E-state index in [0.29, 0.717) is 30.0 Å². The number of fused-ring (bicyclic) bond motifs is 10. The van der Waals surface area contributed by atoms with Gasteiger partial charge in [-0.1, -0.05) is 172 Å². The van der Waals surface area contributed by atoms with Crippen molar-refractivity contribution in [2.45, 2.75) is 170 Å². The number of hydrogen-bond acceptors (Lipinski definition) is 2. The van der Waals surface area contributed by atoms with Crippen molar-refractivity contribution < 1.29 is 0 Å². The van der Waals surface area contributed by atoms with Crippen LogP contribution in [0.25, 0.3) is 22.3 Å². The predicted molar refractivity (Wildman–Crippen MR) is 314 cm³/mol. The maximum Gasteiger partial charge on any atom is 0.0727 e. The Kier molecular flexibility index (Phi) is 13.1. The lowest BCUT2D eigenvalue weighted by molar-refractivity contribution is 0.120. The Labute approximate surface area is 450 Å². The minimum Gasteiger partial charge on any atom is -0.366 e. The number of rotatable bonds is 10. The van der Waals surface area contributed by atoms with Gasteiger partial charge in [-0.3, -0.25) is 0 Å². The van der Waals surface area contributed by atoms with Gasteiger partial charge >= 0.3 is 0 Å². The molecule has 5 saturated carbocycles. The van der Waals surface area contributed by atoms with Gasteiger partial charge in [0.2, 0.25) is 0 Å². The zero-order chi connectivity index (χ0) is 49.7. The fraction of sp³-hybridized carbons (Fsp3) is 0.425. The highest BCUT2D eigenvalue weighted by Gasteiger charge is 2.52. The van der Waals surface area contributed by atoms with Crippen LogP contribution in [0.5, 0.6) is 0 Å². The fourth-order valence-electron chi connectivity index (χ4n) is 17.7. The van der Waals surface area contributed by atoms with E-state index < -0.39 is 5.41 Å². The summed E-state index contributed by atoms with van der Waals surface area (Å²) in [6, 6.07) is 70.5. The molecule has 0 unspecified atom stereocenters. The van der Waals surface area contributed by atoms with Crippen LogP contribution in [-0.2, 0) is 5.41 Å². The molecule has 7 aromatic rings. The number of para-hydroxylation sites is 1. The van der Waals surface area contributed by atoms with E-state index in [1.807, 2.05) is 0 Å². The van der Waals surface area contributed by atoms with Gasteiger partial charge < -0.3 is 9.80 Å². The van der Waals surface area contributed by atoms with Gasteiger partial charge in [0.05, 0.1) is 5.41 Å². The Hall–Kier alpha value is -5.86. The normalized spacial score (nSPS) is 26.9. The molecule has 1 spiro atoms. The molecule has 0 amide bonds. The lowest BCUT2D eigenvalue weighted by atomic mass is 9.66. The maximum absolute atomic E-state index is 3.01. The highest BCUT2D eigenvalue weighted by Crippen LogP contribution is 2.64. The van der Waals surface area contributed by atoms with Gasteiger partial charge in [0, 0.05) is 35.2 Å². The van der Waals surface area contributed by atoms with Gasteiger partial charge in [0.1, 0.15) is 0 Å². The van der Waals surface area contributed by atoms with Crippen molar-refractivity contribution in [2.24, 2.45) is 23.7 Å². The summed E-state index contributed by atoms with van der Waals surface area (Å²) in [5, 5.41) is 0. The Morgan fingerprint density at radius 3 is 1.17 bits per heavy atom. The molecule has 7 aliphatic rings. The van der Waals surface area contributed by atoms with E-state index >= 15 is 0 Å². The van der Waals surface area contributed by atoms with Crippen LogP contribution in [0.15, 0.2) is 176 Å². The Morgan fingerprint density at radius 2 is 0.667 bits per heavy atom. The molecule has 7 aliphatic carbocycles. The number of anilines is 3. The molecule has 5 fully saturated rings. The van der Waals surface area contributed by atoms with Gasteiger partial charge in [-0.2, -0.15) is 0 Å². The third-order valence-electron chi connectivity index (χ3n) is 21.3. The molecule has 0 heterocycles. The predicted octanol–water partition coefficient (Wildman–Crippen LogP) is 19.4. The first-order valence-electron chi connectivity index (χ1n) is 30.4. The van der Waals surface area contributed by atoms with Crippen LogP contribution in [0.2, 0.25) is 0 Å².